The molecule has 0 aromatic heterocycles. The molecule has 0 spiro atoms. The fraction of sp³-hybridized carbons (Fsp3) is 0.278. The smallest absolute Gasteiger partial charge is 0.240 e. The SMILES string of the molecule is CC(COc1ccc(F)cc1)NS(=O)(=O)c1ccc2c(c1)CCC(=O)N2. The van der Waals surface area contributed by atoms with E-state index in [0.717, 1.165) is 5.56 Å². The predicted molar refractivity (Wildman–Crippen MR) is 95.1 cm³/mol. The second-order valence-electron chi connectivity index (χ2n) is 6.15. The quantitative estimate of drug-likeness (QED) is 0.809. The molecule has 8 heteroatoms. The van der Waals surface area contributed by atoms with E-state index in [4.69, 9.17) is 4.74 Å². The van der Waals surface area contributed by atoms with Crippen LogP contribution >= 0.6 is 0 Å². The number of aryl methyl sites for hydroxylation is 1. The highest BCUT2D eigenvalue weighted by atomic mass is 32.2. The molecule has 138 valence electrons. The van der Waals surface area contributed by atoms with Gasteiger partial charge in [0, 0.05) is 12.1 Å². The van der Waals surface area contributed by atoms with E-state index in [1.54, 1.807) is 19.1 Å². The summed E-state index contributed by atoms with van der Waals surface area (Å²) in [5.41, 5.74) is 1.44. The van der Waals surface area contributed by atoms with Crippen molar-refractivity contribution in [1.82, 2.24) is 4.72 Å². The Balaban J connectivity index is 1.64. The molecule has 0 aliphatic carbocycles. The lowest BCUT2D eigenvalue weighted by Gasteiger charge is -2.19. The zero-order valence-corrected chi connectivity index (χ0v) is 15.0. The van der Waals surface area contributed by atoms with Crippen molar-refractivity contribution in [3.05, 3.63) is 53.8 Å². The van der Waals surface area contributed by atoms with Crippen molar-refractivity contribution in [2.24, 2.45) is 0 Å². The van der Waals surface area contributed by atoms with Crippen LogP contribution in [0.2, 0.25) is 0 Å². The van der Waals surface area contributed by atoms with Gasteiger partial charge in [0.15, 0.2) is 0 Å². The van der Waals surface area contributed by atoms with Crippen LogP contribution in [0.3, 0.4) is 0 Å². The minimum atomic E-state index is -3.72. The Hall–Kier alpha value is -2.45. The van der Waals surface area contributed by atoms with E-state index in [0.29, 0.717) is 24.3 Å². The van der Waals surface area contributed by atoms with Gasteiger partial charge in [-0.2, -0.15) is 0 Å². The van der Waals surface area contributed by atoms with Crippen LogP contribution in [0.1, 0.15) is 18.9 Å². The molecule has 2 aromatic carbocycles. The predicted octanol–water partition coefficient (Wildman–Crippen LogP) is 2.46. The molecule has 2 aromatic rings. The molecular weight excluding hydrogens is 359 g/mol. The number of rotatable bonds is 6. The van der Waals surface area contributed by atoms with Gasteiger partial charge in [0.2, 0.25) is 15.9 Å². The van der Waals surface area contributed by atoms with Gasteiger partial charge in [-0.05, 0) is 61.4 Å². The highest BCUT2D eigenvalue weighted by molar-refractivity contribution is 7.89. The summed E-state index contributed by atoms with van der Waals surface area (Å²) in [6, 6.07) is 9.65. The maximum absolute atomic E-state index is 12.9. The van der Waals surface area contributed by atoms with Gasteiger partial charge in [-0.1, -0.05) is 0 Å². The number of hydrogen-bond acceptors (Lipinski definition) is 4. The molecule has 0 fully saturated rings. The fourth-order valence-corrected chi connectivity index (χ4v) is 3.92. The second kappa shape index (κ2) is 7.43. The third-order valence-corrected chi connectivity index (χ3v) is 5.54. The normalized spacial score (nSPS) is 15.1. The van der Waals surface area contributed by atoms with E-state index in [1.165, 1.54) is 30.3 Å². The molecule has 0 saturated carbocycles. The first-order valence-electron chi connectivity index (χ1n) is 8.17. The molecule has 1 atom stereocenters. The van der Waals surface area contributed by atoms with Gasteiger partial charge in [-0.15, -0.1) is 0 Å². The number of nitrogens with one attached hydrogen (secondary N) is 2. The number of fused-ring (bicyclic) bond motifs is 1. The van der Waals surface area contributed by atoms with Crippen LogP contribution in [-0.2, 0) is 21.2 Å². The maximum atomic E-state index is 12.9. The zero-order chi connectivity index (χ0) is 18.7. The third kappa shape index (κ3) is 4.39. The molecule has 1 aliphatic heterocycles. The number of sulfonamides is 1. The first-order valence-corrected chi connectivity index (χ1v) is 9.65. The summed E-state index contributed by atoms with van der Waals surface area (Å²) in [6.07, 6.45) is 0.847. The van der Waals surface area contributed by atoms with Crippen LogP contribution in [0.15, 0.2) is 47.4 Å². The van der Waals surface area contributed by atoms with E-state index in [9.17, 15) is 17.6 Å². The monoisotopic (exact) mass is 378 g/mol. The van der Waals surface area contributed by atoms with Gasteiger partial charge in [0.1, 0.15) is 18.2 Å². The summed E-state index contributed by atoms with van der Waals surface area (Å²) in [7, 11) is -3.72. The Morgan fingerprint density at radius 1 is 1.19 bits per heavy atom. The summed E-state index contributed by atoms with van der Waals surface area (Å²) in [6.45, 7) is 1.78. The Morgan fingerprint density at radius 3 is 2.65 bits per heavy atom. The van der Waals surface area contributed by atoms with Crippen molar-refractivity contribution >= 4 is 21.6 Å². The van der Waals surface area contributed by atoms with Crippen LogP contribution in [0, 0.1) is 5.82 Å². The second-order valence-corrected chi connectivity index (χ2v) is 7.87. The number of ether oxygens (including phenoxy) is 1. The average molecular weight is 378 g/mol. The van der Waals surface area contributed by atoms with Gasteiger partial charge >= 0.3 is 0 Å². The Labute approximate surface area is 151 Å². The van der Waals surface area contributed by atoms with Gasteiger partial charge in [0.05, 0.1) is 10.9 Å². The number of halogens is 1. The number of amides is 1. The molecule has 1 unspecified atom stereocenters. The van der Waals surface area contributed by atoms with E-state index >= 15 is 0 Å². The lowest BCUT2D eigenvalue weighted by atomic mass is 10.0. The Kier molecular flexibility index (Phi) is 5.24. The van der Waals surface area contributed by atoms with Gasteiger partial charge < -0.3 is 10.1 Å². The van der Waals surface area contributed by atoms with E-state index < -0.39 is 16.1 Å². The Morgan fingerprint density at radius 2 is 1.92 bits per heavy atom. The highest BCUT2D eigenvalue weighted by Crippen LogP contribution is 2.25. The lowest BCUT2D eigenvalue weighted by molar-refractivity contribution is -0.116. The Bertz CT molecular complexity index is 913. The molecule has 3 rings (SSSR count). The zero-order valence-electron chi connectivity index (χ0n) is 14.2. The van der Waals surface area contributed by atoms with Crippen LogP contribution in [0.4, 0.5) is 10.1 Å². The van der Waals surface area contributed by atoms with Crippen LogP contribution < -0.4 is 14.8 Å². The largest absolute Gasteiger partial charge is 0.492 e. The third-order valence-electron chi connectivity index (χ3n) is 3.95. The molecule has 26 heavy (non-hydrogen) atoms. The van der Waals surface area contributed by atoms with E-state index in [2.05, 4.69) is 10.0 Å². The fourth-order valence-electron chi connectivity index (χ4n) is 2.65. The minimum absolute atomic E-state index is 0.0715. The number of carbonyl (C=O) groups is 1. The average Bonchev–Trinajstić information content (AvgIpc) is 2.60. The first kappa shape index (κ1) is 18.3. The number of carbonyl (C=O) groups excluding carboxylic acids is 1. The van der Waals surface area contributed by atoms with E-state index in [-0.39, 0.29) is 23.2 Å². The molecule has 2 N–H and O–H groups in total. The molecule has 1 heterocycles. The molecule has 6 nitrogen and oxygen atoms in total. The first-order chi connectivity index (χ1) is 12.3. The minimum Gasteiger partial charge on any atom is -0.492 e. The van der Waals surface area contributed by atoms with Gasteiger partial charge in [-0.25, -0.2) is 17.5 Å². The summed E-state index contributed by atoms with van der Waals surface area (Å²) < 4.78 is 46.0. The molecule has 0 saturated heterocycles. The molecule has 0 bridgehead atoms. The van der Waals surface area contributed by atoms with Crippen molar-refractivity contribution in [3.8, 4) is 5.75 Å². The lowest BCUT2D eigenvalue weighted by Crippen LogP contribution is -2.36. The van der Waals surface area contributed by atoms with Crippen molar-refractivity contribution < 1.29 is 22.3 Å². The van der Waals surface area contributed by atoms with Crippen molar-refractivity contribution in [1.29, 1.82) is 0 Å². The van der Waals surface area contributed by atoms with Crippen molar-refractivity contribution in [3.63, 3.8) is 0 Å². The summed E-state index contributed by atoms with van der Waals surface area (Å²) >= 11 is 0. The standard InChI is InChI=1S/C18H19FN2O4S/c1-12(11-25-15-5-3-14(19)4-6-15)21-26(23,24)16-7-8-17-13(10-16)2-9-18(22)20-17/h3-8,10,12,21H,2,9,11H2,1H3,(H,20,22). The number of anilines is 1. The molecular formula is C18H19FN2O4S. The summed E-state index contributed by atoms with van der Waals surface area (Å²) in [5.74, 6) is 0.0227. The topological polar surface area (TPSA) is 84.5 Å². The van der Waals surface area contributed by atoms with Gasteiger partial charge in [0.25, 0.3) is 0 Å². The van der Waals surface area contributed by atoms with Crippen molar-refractivity contribution in [2.75, 3.05) is 11.9 Å². The van der Waals surface area contributed by atoms with Crippen LogP contribution in [0.25, 0.3) is 0 Å². The van der Waals surface area contributed by atoms with Gasteiger partial charge in [-0.3, -0.25) is 4.79 Å². The molecule has 1 amide bonds. The number of hydrogen-bond donors (Lipinski definition) is 2. The van der Waals surface area contributed by atoms with Crippen LogP contribution in [0.5, 0.6) is 5.75 Å². The molecule has 1 aliphatic rings. The summed E-state index contributed by atoms with van der Waals surface area (Å²) in [4.78, 5) is 11.5. The van der Waals surface area contributed by atoms with E-state index in [1.807, 2.05) is 0 Å². The highest BCUT2D eigenvalue weighted by Gasteiger charge is 2.21. The maximum Gasteiger partial charge on any atom is 0.240 e. The number of benzene rings is 2. The van der Waals surface area contributed by atoms with Crippen molar-refractivity contribution in [2.45, 2.75) is 30.7 Å². The molecule has 0 radical (unpaired) electrons. The van der Waals surface area contributed by atoms with Crippen LogP contribution in [-0.4, -0.2) is 27.0 Å². The summed E-state index contributed by atoms with van der Waals surface area (Å²) in [5, 5.41) is 2.72.